The third-order valence-electron chi connectivity index (χ3n) is 3.84. The zero-order valence-electron chi connectivity index (χ0n) is 15.5. The molecular formula is C21H28O4. The molecule has 1 aromatic rings. The molecule has 0 spiro atoms. The first kappa shape index (κ1) is 19.4. The lowest BCUT2D eigenvalue weighted by Crippen LogP contribution is -2.44. The third-order valence-corrected chi connectivity index (χ3v) is 3.84. The van der Waals surface area contributed by atoms with Crippen LogP contribution in [0.5, 0.6) is 0 Å². The van der Waals surface area contributed by atoms with Gasteiger partial charge in [0, 0.05) is 5.56 Å². The van der Waals surface area contributed by atoms with Crippen molar-refractivity contribution in [1.82, 2.24) is 0 Å². The third kappa shape index (κ3) is 5.28. The van der Waals surface area contributed by atoms with E-state index in [-0.39, 0.29) is 18.0 Å². The van der Waals surface area contributed by atoms with Gasteiger partial charge < -0.3 is 14.6 Å². The summed E-state index contributed by atoms with van der Waals surface area (Å²) in [6.45, 7) is 8.41. The van der Waals surface area contributed by atoms with Gasteiger partial charge in [0.05, 0.1) is 24.2 Å². The molecule has 0 amide bonds. The van der Waals surface area contributed by atoms with Crippen LogP contribution in [-0.2, 0) is 14.3 Å². The number of unbranched alkanes of at least 4 members (excludes halogenated alkanes) is 1. The fraction of sp³-hybridized carbons (Fsp3) is 0.476. The standard InChI is InChI=1S/C21H28O4/c1-5-6-14-24-21(25-20(2,3)4)13-12-17(18(22)15-21)19(23)16-10-8-7-9-11-16/h7-13,23H,5-6,14-15H2,1-4H3. The second kappa shape index (κ2) is 7.98. The van der Waals surface area contributed by atoms with E-state index in [4.69, 9.17) is 9.47 Å². The predicted molar refractivity (Wildman–Crippen MR) is 99.2 cm³/mol. The number of ether oxygens (including phenoxy) is 2. The minimum Gasteiger partial charge on any atom is -0.507 e. The van der Waals surface area contributed by atoms with Gasteiger partial charge in [-0.1, -0.05) is 43.7 Å². The fourth-order valence-electron chi connectivity index (χ4n) is 2.75. The van der Waals surface area contributed by atoms with Crippen LogP contribution in [0.15, 0.2) is 48.1 Å². The molecule has 1 aliphatic carbocycles. The molecule has 0 saturated heterocycles. The highest BCUT2D eigenvalue weighted by Gasteiger charge is 2.40. The van der Waals surface area contributed by atoms with E-state index in [1.807, 2.05) is 39.0 Å². The van der Waals surface area contributed by atoms with Gasteiger partial charge in [0.2, 0.25) is 0 Å². The molecule has 25 heavy (non-hydrogen) atoms. The second-order valence-corrected chi connectivity index (χ2v) is 7.29. The molecule has 136 valence electrons. The SMILES string of the molecule is CCCCOC1(OC(C)(C)C)C=CC(=C(O)c2ccccc2)C(=O)C1. The van der Waals surface area contributed by atoms with Crippen LogP contribution in [0.3, 0.4) is 0 Å². The quantitative estimate of drug-likeness (QED) is 0.348. The summed E-state index contributed by atoms with van der Waals surface area (Å²) in [6.07, 6.45) is 5.32. The van der Waals surface area contributed by atoms with Crippen LogP contribution in [-0.4, -0.2) is 28.9 Å². The number of aliphatic hydroxyl groups is 1. The maximum absolute atomic E-state index is 12.7. The summed E-state index contributed by atoms with van der Waals surface area (Å²) in [4.78, 5) is 12.7. The van der Waals surface area contributed by atoms with E-state index in [1.165, 1.54) is 0 Å². The van der Waals surface area contributed by atoms with E-state index in [9.17, 15) is 9.90 Å². The molecule has 1 N–H and O–H groups in total. The van der Waals surface area contributed by atoms with E-state index in [0.29, 0.717) is 17.7 Å². The van der Waals surface area contributed by atoms with Gasteiger partial charge in [-0.05, 0) is 39.3 Å². The number of carbonyl (C=O) groups excluding carboxylic acids is 1. The highest BCUT2D eigenvalue weighted by Crippen LogP contribution is 2.34. The largest absolute Gasteiger partial charge is 0.507 e. The number of aliphatic hydroxyl groups excluding tert-OH is 1. The molecule has 1 unspecified atom stereocenters. The molecule has 0 fully saturated rings. The van der Waals surface area contributed by atoms with Crippen LogP contribution in [0.2, 0.25) is 0 Å². The van der Waals surface area contributed by atoms with Crippen molar-refractivity contribution in [3.63, 3.8) is 0 Å². The Bertz CT molecular complexity index is 652. The molecule has 1 aromatic carbocycles. The summed E-state index contributed by atoms with van der Waals surface area (Å²) < 4.78 is 12.0. The Hall–Kier alpha value is -1.91. The summed E-state index contributed by atoms with van der Waals surface area (Å²) in [5.74, 6) is -1.28. The van der Waals surface area contributed by atoms with Crippen LogP contribution >= 0.6 is 0 Å². The summed E-state index contributed by atoms with van der Waals surface area (Å²) in [5, 5.41) is 10.5. The number of benzene rings is 1. The van der Waals surface area contributed by atoms with Crippen LogP contribution in [0.25, 0.3) is 5.76 Å². The average molecular weight is 344 g/mol. The monoisotopic (exact) mass is 344 g/mol. The van der Waals surface area contributed by atoms with Crippen molar-refractivity contribution in [3.05, 3.63) is 53.6 Å². The van der Waals surface area contributed by atoms with Gasteiger partial charge >= 0.3 is 0 Å². The molecule has 0 heterocycles. The van der Waals surface area contributed by atoms with E-state index in [2.05, 4.69) is 6.92 Å². The number of allylic oxidation sites excluding steroid dienone is 2. The number of Topliss-reactive ketones (excluding diaryl/α,β-unsaturated/α-hetero) is 1. The van der Waals surface area contributed by atoms with E-state index in [0.717, 1.165) is 12.8 Å². The summed E-state index contributed by atoms with van der Waals surface area (Å²) in [5.41, 5.74) is 0.449. The number of rotatable bonds is 6. The van der Waals surface area contributed by atoms with Gasteiger partial charge in [-0.25, -0.2) is 0 Å². The highest BCUT2D eigenvalue weighted by atomic mass is 16.7. The first-order chi connectivity index (χ1) is 11.8. The Morgan fingerprint density at radius 2 is 1.92 bits per heavy atom. The number of carbonyl (C=O) groups is 1. The number of hydrogen-bond acceptors (Lipinski definition) is 4. The lowest BCUT2D eigenvalue weighted by Gasteiger charge is -2.38. The molecule has 0 saturated carbocycles. The second-order valence-electron chi connectivity index (χ2n) is 7.29. The van der Waals surface area contributed by atoms with Crippen molar-refractivity contribution in [2.45, 2.75) is 58.3 Å². The molecule has 4 heteroatoms. The highest BCUT2D eigenvalue weighted by molar-refractivity contribution is 6.05. The zero-order chi connectivity index (χ0) is 18.5. The molecule has 0 bridgehead atoms. The molecule has 1 atom stereocenters. The smallest absolute Gasteiger partial charge is 0.196 e. The van der Waals surface area contributed by atoms with Crippen molar-refractivity contribution in [3.8, 4) is 0 Å². The number of ketones is 1. The Morgan fingerprint density at radius 1 is 1.24 bits per heavy atom. The lowest BCUT2D eigenvalue weighted by molar-refractivity contribution is -0.250. The minimum atomic E-state index is -1.08. The maximum atomic E-state index is 12.7. The van der Waals surface area contributed by atoms with Crippen molar-refractivity contribution in [1.29, 1.82) is 0 Å². The van der Waals surface area contributed by atoms with Gasteiger partial charge in [0.15, 0.2) is 11.6 Å². The van der Waals surface area contributed by atoms with Gasteiger partial charge in [-0.15, -0.1) is 0 Å². The zero-order valence-corrected chi connectivity index (χ0v) is 15.5. The van der Waals surface area contributed by atoms with Crippen molar-refractivity contribution >= 4 is 11.5 Å². The summed E-state index contributed by atoms with van der Waals surface area (Å²) in [6, 6.07) is 9.06. The molecule has 1 aliphatic rings. The Morgan fingerprint density at radius 3 is 2.48 bits per heavy atom. The normalized spacial score (nSPS) is 23.0. The summed E-state index contributed by atoms with van der Waals surface area (Å²) >= 11 is 0. The first-order valence-corrected chi connectivity index (χ1v) is 8.81. The lowest BCUT2D eigenvalue weighted by atomic mass is 9.92. The van der Waals surface area contributed by atoms with Gasteiger partial charge in [-0.3, -0.25) is 4.79 Å². The topological polar surface area (TPSA) is 55.8 Å². The van der Waals surface area contributed by atoms with E-state index < -0.39 is 11.4 Å². The summed E-state index contributed by atoms with van der Waals surface area (Å²) in [7, 11) is 0. The Kier molecular flexibility index (Phi) is 6.20. The minimum absolute atomic E-state index is 0.0141. The van der Waals surface area contributed by atoms with Crippen molar-refractivity contribution in [2.75, 3.05) is 6.61 Å². The van der Waals surface area contributed by atoms with Crippen LogP contribution in [0.1, 0.15) is 52.5 Å². The molecule has 0 aromatic heterocycles. The van der Waals surface area contributed by atoms with E-state index in [1.54, 1.807) is 24.3 Å². The molecular weight excluding hydrogens is 316 g/mol. The van der Waals surface area contributed by atoms with Crippen LogP contribution < -0.4 is 0 Å². The van der Waals surface area contributed by atoms with Crippen molar-refractivity contribution < 1.29 is 19.4 Å². The first-order valence-electron chi connectivity index (χ1n) is 8.81. The maximum Gasteiger partial charge on any atom is 0.196 e. The Labute approximate surface area is 150 Å². The number of hydrogen-bond donors (Lipinski definition) is 1. The average Bonchev–Trinajstić information content (AvgIpc) is 2.54. The fourth-order valence-corrected chi connectivity index (χ4v) is 2.75. The van der Waals surface area contributed by atoms with Crippen molar-refractivity contribution in [2.24, 2.45) is 0 Å². The van der Waals surface area contributed by atoms with Gasteiger partial charge in [0.25, 0.3) is 0 Å². The van der Waals surface area contributed by atoms with Gasteiger partial charge in [0.1, 0.15) is 5.76 Å². The predicted octanol–water partition coefficient (Wildman–Crippen LogP) is 4.81. The van der Waals surface area contributed by atoms with E-state index >= 15 is 0 Å². The molecule has 2 rings (SSSR count). The van der Waals surface area contributed by atoms with Gasteiger partial charge in [-0.2, -0.15) is 0 Å². The molecule has 0 aliphatic heterocycles. The Balaban J connectivity index is 2.33. The van der Waals surface area contributed by atoms with Crippen LogP contribution in [0.4, 0.5) is 0 Å². The molecule has 4 nitrogen and oxygen atoms in total. The van der Waals surface area contributed by atoms with Crippen LogP contribution in [0, 0.1) is 0 Å². The molecule has 0 radical (unpaired) electrons.